The van der Waals surface area contributed by atoms with Crippen LogP contribution in [-0.2, 0) is 21.9 Å². The van der Waals surface area contributed by atoms with Crippen molar-refractivity contribution in [3.63, 3.8) is 0 Å². The third kappa shape index (κ3) is 7.32. The number of nitrogens with one attached hydrogen (secondary N) is 1. The minimum absolute atomic E-state index is 0.0482. The Morgan fingerprint density at radius 1 is 1.12 bits per heavy atom. The number of rotatable bonds is 10. The molecule has 34 heavy (non-hydrogen) atoms. The Bertz CT molecular complexity index is 990. The topological polar surface area (TPSA) is 92.6 Å². The maximum Gasteiger partial charge on any atom is 0.269 e. The van der Waals surface area contributed by atoms with Crippen LogP contribution in [0.4, 0.5) is 5.69 Å². The number of nitrogens with zero attached hydrogens (tertiary/aromatic N) is 2. The zero-order valence-electron chi connectivity index (χ0n) is 19.9. The van der Waals surface area contributed by atoms with Crippen LogP contribution in [0.5, 0.6) is 0 Å². The van der Waals surface area contributed by atoms with Gasteiger partial charge in [0.2, 0.25) is 11.8 Å². The molecule has 182 valence electrons. The van der Waals surface area contributed by atoms with Crippen molar-refractivity contribution in [2.75, 3.05) is 5.75 Å². The van der Waals surface area contributed by atoms with Gasteiger partial charge in [0.1, 0.15) is 6.04 Å². The van der Waals surface area contributed by atoms with E-state index in [0.717, 1.165) is 42.4 Å². The summed E-state index contributed by atoms with van der Waals surface area (Å²) in [4.78, 5) is 38.4. The summed E-state index contributed by atoms with van der Waals surface area (Å²) in [6, 6.07) is 13.9. The molecule has 1 atom stereocenters. The van der Waals surface area contributed by atoms with Crippen LogP contribution in [0.2, 0.25) is 0 Å². The van der Waals surface area contributed by atoms with Crippen molar-refractivity contribution in [3.8, 4) is 0 Å². The van der Waals surface area contributed by atoms with Crippen LogP contribution in [0.1, 0.15) is 55.7 Å². The highest BCUT2D eigenvalue weighted by molar-refractivity contribution is 7.99. The van der Waals surface area contributed by atoms with E-state index in [0.29, 0.717) is 12.3 Å². The summed E-state index contributed by atoms with van der Waals surface area (Å²) in [5.74, 6) is 0.588. The van der Waals surface area contributed by atoms with Gasteiger partial charge in [0.15, 0.2) is 0 Å². The normalized spacial score (nSPS) is 14.9. The van der Waals surface area contributed by atoms with E-state index in [4.69, 9.17) is 0 Å². The molecule has 1 aliphatic rings. The van der Waals surface area contributed by atoms with Gasteiger partial charge in [-0.05, 0) is 43.4 Å². The SMILES string of the molecule is Cc1ccccc1CN(C(=O)CSCc1ccc([N+](=O)[O-])cc1)[C@H](C)C(=O)NC1CCCCC1. The van der Waals surface area contributed by atoms with E-state index in [1.165, 1.54) is 30.3 Å². The lowest BCUT2D eigenvalue weighted by Gasteiger charge is -2.31. The third-order valence-corrected chi connectivity index (χ3v) is 7.35. The van der Waals surface area contributed by atoms with Gasteiger partial charge in [0.25, 0.3) is 5.69 Å². The van der Waals surface area contributed by atoms with Crippen LogP contribution < -0.4 is 5.32 Å². The summed E-state index contributed by atoms with van der Waals surface area (Å²) in [5, 5.41) is 14.0. The number of nitro groups is 1. The Kier molecular flexibility index (Phi) is 9.51. The number of aryl methyl sites for hydroxylation is 1. The highest BCUT2D eigenvalue weighted by Crippen LogP contribution is 2.21. The molecular formula is C26H33N3O4S. The second-order valence-electron chi connectivity index (χ2n) is 8.88. The summed E-state index contributed by atoms with van der Waals surface area (Å²) in [6.07, 6.45) is 5.46. The molecule has 2 aromatic carbocycles. The van der Waals surface area contributed by atoms with Crippen LogP contribution in [0.25, 0.3) is 0 Å². The van der Waals surface area contributed by atoms with Crippen LogP contribution in [0.3, 0.4) is 0 Å². The zero-order valence-corrected chi connectivity index (χ0v) is 20.7. The van der Waals surface area contributed by atoms with E-state index < -0.39 is 11.0 Å². The summed E-state index contributed by atoms with van der Waals surface area (Å²) in [5.41, 5.74) is 3.07. The lowest BCUT2D eigenvalue weighted by Crippen LogP contribution is -2.50. The van der Waals surface area contributed by atoms with Gasteiger partial charge in [-0.3, -0.25) is 19.7 Å². The zero-order chi connectivity index (χ0) is 24.5. The molecule has 0 unspecified atom stereocenters. The number of hydrogen-bond acceptors (Lipinski definition) is 5. The number of nitro benzene ring substituents is 1. The maximum absolute atomic E-state index is 13.3. The lowest BCUT2D eigenvalue weighted by molar-refractivity contribution is -0.384. The number of non-ortho nitro benzene ring substituents is 1. The molecule has 3 rings (SSSR count). The van der Waals surface area contributed by atoms with E-state index >= 15 is 0 Å². The second-order valence-corrected chi connectivity index (χ2v) is 9.87. The van der Waals surface area contributed by atoms with E-state index in [1.807, 2.05) is 31.2 Å². The fourth-order valence-electron chi connectivity index (χ4n) is 4.18. The molecule has 0 spiro atoms. The van der Waals surface area contributed by atoms with Gasteiger partial charge >= 0.3 is 0 Å². The fraction of sp³-hybridized carbons (Fsp3) is 0.462. The summed E-state index contributed by atoms with van der Waals surface area (Å²) >= 11 is 1.44. The maximum atomic E-state index is 13.3. The first-order chi connectivity index (χ1) is 16.3. The van der Waals surface area contributed by atoms with Crippen molar-refractivity contribution in [2.24, 2.45) is 0 Å². The largest absolute Gasteiger partial charge is 0.352 e. The molecule has 2 amide bonds. The number of thioether (sulfide) groups is 1. The number of carbonyl (C=O) groups excluding carboxylic acids is 2. The van der Waals surface area contributed by atoms with Gasteiger partial charge in [-0.25, -0.2) is 0 Å². The molecule has 0 aliphatic heterocycles. The van der Waals surface area contributed by atoms with Crippen LogP contribution in [-0.4, -0.2) is 39.5 Å². The molecule has 0 saturated heterocycles. The molecule has 0 heterocycles. The summed E-state index contributed by atoms with van der Waals surface area (Å²) in [6.45, 7) is 4.19. The quantitative estimate of drug-likeness (QED) is 0.379. The number of hydrogen-bond donors (Lipinski definition) is 1. The second kappa shape index (κ2) is 12.6. The molecule has 0 bridgehead atoms. The van der Waals surface area contributed by atoms with Gasteiger partial charge < -0.3 is 10.2 Å². The first-order valence-electron chi connectivity index (χ1n) is 11.8. The highest BCUT2D eigenvalue weighted by Gasteiger charge is 2.28. The standard InChI is InChI=1S/C26H33N3O4S/c1-19-8-6-7-9-22(19)16-28(20(2)26(31)27-23-10-4-3-5-11-23)25(30)18-34-17-21-12-14-24(15-13-21)29(32)33/h6-9,12-15,20,23H,3-5,10-11,16-18H2,1-2H3,(H,27,31)/t20-/m1/s1. The third-order valence-electron chi connectivity index (χ3n) is 6.36. The molecule has 0 aromatic heterocycles. The number of carbonyl (C=O) groups is 2. The lowest BCUT2D eigenvalue weighted by atomic mass is 9.95. The van der Waals surface area contributed by atoms with Gasteiger partial charge in [0.05, 0.1) is 10.7 Å². The predicted molar refractivity (Wildman–Crippen MR) is 135 cm³/mol. The first kappa shape index (κ1) is 25.7. The highest BCUT2D eigenvalue weighted by atomic mass is 32.2. The smallest absolute Gasteiger partial charge is 0.269 e. The molecule has 0 radical (unpaired) electrons. The molecule has 1 aliphatic carbocycles. The van der Waals surface area contributed by atoms with E-state index in [1.54, 1.807) is 24.0 Å². The average Bonchev–Trinajstić information content (AvgIpc) is 2.84. The number of benzene rings is 2. The van der Waals surface area contributed by atoms with Crippen LogP contribution in [0.15, 0.2) is 48.5 Å². The minimum atomic E-state index is -0.575. The monoisotopic (exact) mass is 483 g/mol. The minimum Gasteiger partial charge on any atom is -0.352 e. The molecule has 1 fully saturated rings. The fourth-order valence-corrected chi connectivity index (χ4v) is 5.05. The van der Waals surface area contributed by atoms with E-state index in [2.05, 4.69) is 5.32 Å². The first-order valence-corrected chi connectivity index (χ1v) is 13.0. The summed E-state index contributed by atoms with van der Waals surface area (Å²) in [7, 11) is 0. The summed E-state index contributed by atoms with van der Waals surface area (Å²) < 4.78 is 0. The van der Waals surface area contributed by atoms with Gasteiger partial charge in [0, 0.05) is 30.5 Å². The Morgan fingerprint density at radius 2 is 1.79 bits per heavy atom. The van der Waals surface area contributed by atoms with Gasteiger partial charge in [-0.15, -0.1) is 11.8 Å². The molecule has 8 heteroatoms. The van der Waals surface area contributed by atoms with E-state index in [-0.39, 0.29) is 29.3 Å². The molecular weight excluding hydrogens is 450 g/mol. The van der Waals surface area contributed by atoms with Crippen molar-refractivity contribution in [1.82, 2.24) is 10.2 Å². The Balaban J connectivity index is 1.65. The van der Waals surface area contributed by atoms with E-state index in [9.17, 15) is 19.7 Å². The van der Waals surface area contributed by atoms with Crippen molar-refractivity contribution < 1.29 is 14.5 Å². The predicted octanol–water partition coefficient (Wildman–Crippen LogP) is 5.00. The van der Waals surface area contributed by atoms with Crippen LogP contribution >= 0.6 is 11.8 Å². The Morgan fingerprint density at radius 3 is 2.44 bits per heavy atom. The van der Waals surface area contributed by atoms with Gasteiger partial charge in [-0.2, -0.15) is 0 Å². The van der Waals surface area contributed by atoms with Crippen molar-refractivity contribution in [3.05, 3.63) is 75.3 Å². The van der Waals surface area contributed by atoms with Crippen molar-refractivity contribution in [2.45, 2.75) is 70.3 Å². The Labute approximate surface area is 205 Å². The van der Waals surface area contributed by atoms with Crippen LogP contribution in [0, 0.1) is 17.0 Å². The van der Waals surface area contributed by atoms with Gasteiger partial charge in [-0.1, -0.05) is 55.7 Å². The van der Waals surface area contributed by atoms with Crippen molar-refractivity contribution >= 4 is 29.3 Å². The Hall–Kier alpha value is -2.87. The molecule has 2 aromatic rings. The molecule has 1 N–H and O–H groups in total. The molecule has 7 nitrogen and oxygen atoms in total. The van der Waals surface area contributed by atoms with Crippen molar-refractivity contribution in [1.29, 1.82) is 0 Å². The average molecular weight is 484 g/mol. The number of amides is 2. The molecule has 1 saturated carbocycles.